The lowest BCUT2D eigenvalue weighted by molar-refractivity contribution is -0.118. The standard InChI is InChI=1S/C23H32N4O3S/c1-18-22-9-6-14-26(22)15-16-27(18)17-23(28)24-19-10-12-21(13-11-19)31(29,30)25(2)20-7-4-3-5-8-20/h6,9-14,18,20H,3-5,7-8,15-17H2,1-2H3,(H,24,28)/t18-/m1/s1. The first kappa shape index (κ1) is 22.0. The topological polar surface area (TPSA) is 74.6 Å². The molecule has 1 saturated carbocycles. The van der Waals surface area contributed by atoms with Crippen molar-refractivity contribution in [2.24, 2.45) is 0 Å². The van der Waals surface area contributed by atoms with Crippen LogP contribution in [0.4, 0.5) is 5.69 Å². The minimum atomic E-state index is -3.53. The molecule has 0 spiro atoms. The summed E-state index contributed by atoms with van der Waals surface area (Å²) >= 11 is 0. The molecule has 31 heavy (non-hydrogen) atoms. The van der Waals surface area contributed by atoms with Crippen LogP contribution in [0.2, 0.25) is 0 Å². The highest BCUT2D eigenvalue weighted by molar-refractivity contribution is 7.89. The molecule has 0 saturated heterocycles. The molecule has 0 radical (unpaired) electrons. The Balaban J connectivity index is 1.36. The lowest BCUT2D eigenvalue weighted by Gasteiger charge is -2.34. The Morgan fingerprint density at radius 2 is 1.81 bits per heavy atom. The van der Waals surface area contributed by atoms with Crippen LogP contribution in [0.15, 0.2) is 47.5 Å². The van der Waals surface area contributed by atoms with Crippen LogP contribution in [0.5, 0.6) is 0 Å². The Morgan fingerprint density at radius 3 is 2.52 bits per heavy atom. The number of hydrogen-bond donors (Lipinski definition) is 1. The van der Waals surface area contributed by atoms with Gasteiger partial charge in [0.05, 0.1) is 11.4 Å². The fraction of sp³-hybridized carbons (Fsp3) is 0.522. The van der Waals surface area contributed by atoms with E-state index in [-0.39, 0.29) is 22.9 Å². The number of anilines is 1. The molecule has 8 heteroatoms. The van der Waals surface area contributed by atoms with Gasteiger partial charge in [-0.1, -0.05) is 19.3 Å². The van der Waals surface area contributed by atoms with Crippen molar-refractivity contribution in [2.45, 2.75) is 62.6 Å². The Morgan fingerprint density at radius 1 is 1.10 bits per heavy atom. The van der Waals surface area contributed by atoms with Crippen molar-refractivity contribution < 1.29 is 13.2 Å². The zero-order valence-corrected chi connectivity index (χ0v) is 19.1. The van der Waals surface area contributed by atoms with Crippen molar-refractivity contribution in [2.75, 3.05) is 25.5 Å². The van der Waals surface area contributed by atoms with Gasteiger partial charge in [-0.25, -0.2) is 8.42 Å². The fourth-order valence-electron chi connectivity index (χ4n) is 4.75. The Labute approximate surface area is 185 Å². The number of amides is 1. The minimum absolute atomic E-state index is 0.0748. The molecule has 1 aliphatic carbocycles. The number of carbonyl (C=O) groups excluding carboxylic acids is 1. The second-order valence-corrected chi connectivity index (χ2v) is 10.7. The van der Waals surface area contributed by atoms with E-state index >= 15 is 0 Å². The van der Waals surface area contributed by atoms with Crippen LogP contribution in [-0.2, 0) is 21.4 Å². The zero-order valence-electron chi connectivity index (χ0n) is 18.3. The van der Waals surface area contributed by atoms with E-state index in [9.17, 15) is 13.2 Å². The summed E-state index contributed by atoms with van der Waals surface area (Å²) in [6.45, 7) is 4.11. The molecule has 1 atom stereocenters. The van der Waals surface area contributed by atoms with E-state index in [0.29, 0.717) is 12.2 Å². The van der Waals surface area contributed by atoms with Crippen molar-refractivity contribution in [3.63, 3.8) is 0 Å². The molecular weight excluding hydrogens is 412 g/mol. The van der Waals surface area contributed by atoms with Crippen LogP contribution in [0.25, 0.3) is 0 Å². The molecule has 1 aromatic carbocycles. The Kier molecular flexibility index (Phi) is 6.50. The number of aromatic nitrogens is 1. The number of carbonyl (C=O) groups is 1. The molecule has 1 aromatic heterocycles. The summed E-state index contributed by atoms with van der Waals surface area (Å²) in [5, 5.41) is 2.90. The van der Waals surface area contributed by atoms with Crippen LogP contribution in [-0.4, -0.2) is 54.3 Å². The van der Waals surface area contributed by atoms with Gasteiger partial charge in [-0.15, -0.1) is 0 Å². The fourth-order valence-corrected chi connectivity index (χ4v) is 6.16. The van der Waals surface area contributed by atoms with Gasteiger partial charge in [0.15, 0.2) is 0 Å². The number of fused-ring (bicyclic) bond motifs is 1. The lowest BCUT2D eigenvalue weighted by Crippen LogP contribution is -2.41. The van der Waals surface area contributed by atoms with Crippen LogP contribution in [0.1, 0.15) is 50.8 Å². The summed E-state index contributed by atoms with van der Waals surface area (Å²) in [7, 11) is -1.85. The highest BCUT2D eigenvalue weighted by Gasteiger charge is 2.29. The second-order valence-electron chi connectivity index (χ2n) is 8.66. The molecule has 1 aliphatic heterocycles. The number of rotatable bonds is 6. The summed E-state index contributed by atoms with van der Waals surface area (Å²) in [4.78, 5) is 15.0. The van der Waals surface area contributed by atoms with Crippen molar-refractivity contribution in [3.05, 3.63) is 48.3 Å². The summed E-state index contributed by atoms with van der Waals surface area (Å²) in [6.07, 6.45) is 7.26. The first-order valence-electron chi connectivity index (χ1n) is 11.1. The summed E-state index contributed by atoms with van der Waals surface area (Å²) in [6, 6.07) is 10.9. The largest absolute Gasteiger partial charge is 0.349 e. The summed E-state index contributed by atoms with van der Waals surface area (Å²) in [5.41, 5.74) is 1.83. The maximum Gasteiger partial charge on any atom is 0.243 e. The highest BCUT2D eigenvalue weighted by atomic mass is 32.2. The Bertz CT molecular complexity index is 1010. The predicted molar refractivity (Wildman–Crippen MR) is 121 cm³/mol. The Hall–Kier alpha value is -2.16. The van der Waals surface area contributed by atoms with Crippen molar-refractivity contribution in [1.29, 1.82) is 0 Å². The molecular formula is C23H32N4O3S. The maximum absolute atomic E-state index is 13.0. The van der Waals surface area contributed by atoms with Crippen LogP contribution < -0.4 is 5.32 Å². The molecule has 2 aromatic rings. The van der Waals surface area contributed by atoms with Crippen LogP contribution in [0.3, 0.4) is 0 Å². The van der Waals surface area contributed by atoms with E-state index in [1.165, 1.54) is 16.4 Å². The second kappa shape index (κ2) is 9.14. The molecule has 1 fully saturated rings. The average Bonchev–Trinajstić information content (AvgIpc) is 3.26. The average molecular weight is 445 g/mol. The van der Waals surface area contributed by atoms with E-state index in [1.54, 1.807) is 31.3 Å². The van der Waals surface area contributed by atoms with E-state index in [0.717, 1.165) is 38.8 Å². The van der Waals surface area contributed by atoms with Gasteiger partial charge < -0.3 is 9.88 Å². The maximum atomic E-state index is 13.0. The first-order chi connectivity index (χ1) is 14.9. The van der Waals surface area contributed by atoms with Gasteiger partial charge in [-0.3, -0.25) is 9.69 Å². The molecule has 1 N–H and O–H groups in total. The van der Waals surface area contributed by atoms with Crippen molar-refractivity contribution in [3.8, 4) is 0 Å². The molecule has 1 amide bonds. The molecule has 0 unspecified atom stereocenters. The van der Waals surface area contributed by atoms with E-state index < -0.39 is 10.0 Å². The van der Waals surface area contributed by atoms with E-state index in [2.05, 4.69) is 34.0 Å². The highest BCUT2D eigenvalue weighted by Crippen LogP contribution is 2.27. The van der Waals surface area contributed by atoms with Crippen LogP contribution >= 0.6 is 0 Å². The molecule has 0 bridgehead atoms. The SMILES string of the molecule is C[C@@H]1c2cccn2CCN1CC(=O)Nc1ccc(S(=O)(=O)N(C)C2CCCCC2)cc1. The molecule has 4 rings (SSSR count). The first-order valence-corrected chi connectivity index (χ1v) is 12.6. The summed E-state index contributed by atoms with van der Waals surface area (Å²) in [5.74, 6) is -0.0956. The van der Waals surface area contributed by atoms with Gasteiger partial charge in [-0.05, 0) is 56.2 Å². The molecule has 168 valence electrons. The number of nitrogens with one attached hydrogen (secondary N) is 1. The van der Waals surface area contributed by atoms with E-state index in [1.807, 2.05) is 6.07 Å². The van der Waals surface area contributed by atoms with Gasteiger partial charge in [0, 0.05) is 49.8 Å². The number of hydrogen-bond acceptors (Lipinski definition) is 4. The quantitative estimate of drug-likeness (QED) is 0.741. The minimum Gasteiger partial charge on any atom is -0.349 e. The van der Waals surface area contributed by atoms with Gasteiger partial charge in [0.2, 0.25) is 15.9 Å². The zero-order chi connectivity index (χ0) is 22.0. The van der Waals surface area contributed by atoms with E-state index in [4.69, 9.17) is 0 Å². The third-order valence-electron chi connectivity index (χ3n) is 6.72. The number of nitrogens with zero attached hydrogens (tertiary/aromatic N) is 3. The number of sulfonamides is 1. The van der Waals surface area contributed by atoms with Gasteiger partial charge in [0.25, 0.3) is 0 Å². The summed E-state index contributed by atoms with van der Waals surface area (Å²) < 4.78 is 29.7. The smallest absolute Gasteiger partial charge is 0.243 e. The van der Waals surface area contributed by atoms with Crippen molar-refractivity contribution >= 4 is 21.6 Å². The van der Waals surface area contributed by atoms with Gasteiger partial charge >= 0.3 is 0 Å². The van der Waals surface area contributed by atoms with Crippen LogP contribution in [0, 0.1) is 0 Å². The third-order valence-corrected chi connectivity index (χ3v) is 8.64. The van der Waals surface area contributed by atoms with Gasteiger partial charge in [-0.2, -0.15) is 4.31 Å². The predicted octanol–water partition coefficient (Wildman–Crippen LogP) is 3.46. The normalized spacial score (nSPS) is 20.5. The molecule has 7 nitrogen and oxygen atoms in total. The molecule has 2 aliphatic rings. The third kappa shape index (κ3) is 4.71. The van der Waals surface area contributed by atoms with Gasteiger partial charge in [0.1, 0.15) is 0 Å². The van der Waals surface area contributed by atoms with Crippen molar-refractivity contribution in [1.82, 2.24) is 13.8 Å². The molecule has 2 heterocycles. The monoisotopic (exact) mass is 444 g/mol. The number of benzene rings is 1. The lowest BCUT2D eigenvalue weighted by atomic mass is 9.96.